The highest BCUT2D eigenvalue weighted by Gasteiger charge is 2.19. The number of aryl methyl sites for hydroxylation is 2. The van der Waals surface area contributed by atoms with Gasteiger partial charge in [-0.3, -0.25) is 14.4 Å². The molecule has 3 aromatic carbocycles. The molecule has 11 nitrogen and oxygen atoms in total. The average molecular weight is 1050 g/mol. The first-order valence-corrected chi connectivity index (χ1v) is 28.7. The predicted octanol–water partition coefficient (Wildman–Crippen LogP) is 13.4. The van der Waals surface area contributed by atoms with Gasteiger partial charge >= 0.3 is 0 Å². The van der Waals surface area contributed by atoms with Gasteiger partial charge in [0.15, 0.2) is 0 Å². The summed E-state index contributed by atoms with van der Waals surface area (Å²) in [7, 11) is 0. The Kier molecular flexibility index (Phi) is 14.9. The maximum atomic E-state index is 12.9. The Hall–Kier alpha value is -6.59. The lowest BCUT2D eigenvalue weighted by atomic mass is 9.51. The van der Waals surface area contributed by atoms with Gasteiger partial charge in [0.2, 0.25) is 0 Å². The van der Waals surface area contributed by atoms with E-state index in [4.69, 9.17) is 13.9 Å². The van der Waals surface area contributed by atoms with Crippen molar-refractivity contribution in [2.45, 2.75) is 93.4 Å². The van der Waals surface area contributed by atoms with Gasteiger partial charge in [-0.2, -0.15) is 49.3 Å². The maximum absolute atomic E-state index is 12.9. The van der Waals surface area contributed by atoms with Gasteiger partial charge in [-0.15, -0.1) is 11.3 Å². The van der Waals surface area contributed by atoms with Crippen LogP contribution in [-0.2, 0) is 38.6 Å². The number of para-hydroxylation sites is 1. The van der Waals surface area contributed by atoms with E-state index in [9.17, 15) is 14.4 Å². The van der Waals surface area contributed by atoms with Crippen LogP contribution in [0.15, 0.2) is 134 Å². The quantitative estimate of drug-likeness (QED) is 0.111. The molecule has 9 aromatic heterocycles. The first-order valence-electron chi connectivity index (χ1n) is 25.0. The zero-order valence-electron chi connectivity index (χ0n) is 42.8. The van der Waals surface area contributed by atoms with Crippen LogP contribution in [0.4, 0.5) is 0 Å². The standard InChI is InChI=1S/C19H19BN2O2S.C19H19BN2OS2.C18H17BN2O2S/c1-12-4-5-18-13(6-12)7-14(24-18)9-22-19(23)16-11-25-10-15(16)17(21-22)8-20(2)3;1-12-4-5-18-14(6-12)13(9-25-18)8-22-19(23)16-11-24-10-15(16)17(21-22)7-20(2)3;1-19(2)8-16-14-10-24-11-15(14)18(22)21(20-16)9-13-7-12-5-3-4-6-17(12)23-13/h4-7,10-11H,8-9H2,1-3H3;4-6,9-11H,7-8H2,1-3H3;3-7,10-11H,8-9H2,1-2H3. The zero-order valence-corrected chi connectivity index (χ0v) is 46.1. The summed E-state index contributed by atoms with van der Waals surface area (Å²) in [5, 5.41) is 36.7. The molecule has 0 spiro atoms. The average Bonchev–Trinajstić information content (AvgIpc) is 4.23. The largest absolute Gasteiger partial charge is 0.459 e. The number of aromatic nitrogens is 6. The van der Waals surface area contributed by atoms with Crippen molar-refractivity contribution < 1.29 is 8.83 Å². The zero-order chi connectivity index (χ0) is 51.8. The van der Waals surface area contributed by atoms with E-state index in [1.54, 1.807) is 50.0 Å². The summed E-state index contributed by atoms with van der Waals surface area (Å²) in [6.07, 6.45) is 2.59. The molecule has 0 radical (unpaired) electrons. The van der Waals surface area contributed by atoms with Crippen LogP contribution in [0.2, 0.25) is 40.9 Å². The number of rotatable bonds is 12. The van der Waals surface area contributed by atoms with Crippen LogP contribution in [0.25, 0.3) is 64.3 Å². The highest BCUT2D eigenvalue weighted by atomic mass is 32.1. The highest BCUT2D eigenvalue weighted by Crippen LogP contribution is 2.29. The summed E-state index contributed by atoms with van der Waals surface area (Å²) in [6.45, 7) is 19.9. The third kappa shape index (κ3) is 11.0. The normalized spacial score (nSPS) is 11.5. The first-order chi connectivity index (χ1) is 35.6. The molecule has 12 aromatic rings. The van der Waals surface area contributed by atoms with E-state index in [0.717, 1.165) is 102 Å². The van der Waals surface area contributed by atoms with Crippen LogP contribution in [0, 0.1) is 13.8 Å². The molecular weight excluding hydrogens is 997 g/mol. The Morgan fingerprint density at radius 2 is 0.892 bits per heavy atom. The van der Waals surface area contributed by atoms with Gasteiger partial charge in [-0.05, 0) is 85.5 Å². The van der Waals surface area contributed by atoms with Crippen molar-refractivity contribution in [3.05, 3.63) is 187 Å². The van der Waals surface area contributed by atoms with Crippen LogP contribution in [-0.4, -0.2) is 49.5 Å². The lowest BCUT2D eigenvalue weighted by Gasteiger charge is -2.10. The topological polar surface area (TPSA) is 131 Å². The number of hydrogen-bond acceptors (Lipinski definition) is 12. The number of benzene rings is 3. The van der Waals surface area contributed by atoms with Crippen molar-refractivity contribution in [2.75, 3.05) is 0 Å². The molecule has 372 valence electrons. The van der Waals surface area contributed by atoms with Gasteiger partial charge in [-0.25, -0.2) is 14.0 Å². The SMILES string of the molecule is CB(C)Cc1nn(Cc2cc3cc(C)ccc3o2)c(=O)c2cscc12.CB(C)Cc1nn(Cc2cc3ccccc3o2)c(=O)c2cscc12.CB(C)Cc1nn(Cc2csc3ccc(C)cc23)c(=O)c2cscc12. The minimum Gasteiger partial charge on any atom is -0.459 e. The van der Waals surface area contributed by atoms with Gasteiger partial charge in [0.05, 0.1) is 39.8 Å². The van der Waals surface area contributed by atoms with Gasteiger partial charge in [0.1, 0.15) is 55.9 Å². The number of hydrogen-bond donors (Lipinski definition) is 0. The van der Waals surface area contributed by atoms with Crippen molar-refractivity contribution in [1.82, 2.24) is 29.3 Å². The third-order valence-electron chi connectivity index (χ3n) is 12.8. The molecule has 0 atom stereocenters. The van der Waals surface area contributed by atoms with Crippen LogP contribution in [0.3, 0.4) is 0 Å². The molecule has 0 unspecified atom stereocenters. The van der Waals surface area contributed by atoms with Crippen molar-refractivity contribution in [1.29, 1.82) is 0 Å². The first kappa shape index (κ1) is 50.9. The van der Waals surface area contributed by atoms with Crippen LogP contribution >= 0.6 is 45.3 Å². The number of nitrogens with zero attached hydrogens (tertiary/aromatic N) is 6. The van der Waals surface area contributed by atoms with E-state index in [1.807, 2.05) is 75.4 Å². The fourth-order valence-corrected chi connectivity index (χ4v) is 12.8. The molecule has 74 heavy (non-hydrogen) atoms. The molecule has 18 heteroatoms. The van der Waals surface area contributed by atoms with E-state index < -0.39 is 0 Å². The molecule has 0 fully saturated rings. The van der Waals surface area contributed by atoms with Gasteiger partial charge < -0.3 is 8.83 Å². The summed E-state index contributed by atoms with van der Waals surface area (Å²) >= 11 is 6.41. The lowest BCUT2D eigenvalue weighted by molar-refractivity contribution is 0.498. The van der Waals surface area contributed by atoms with E-state index in [0.29, 0.717) is 39.8 Å². The molecule has 0 saturated carbocycles. The van der Waals surface area contributed by atoms with Gasteiger partial charge in [0.25, 0.3) is 16.7 Å². The Labute approximate surface area is 445 Å². The molecule has 0 amide bonds. The molecule has 12 rings (SSSR count). The predicted molar refractivity (Wildman–Crippen MR) is 316 cm³/mol. The summed E-state index contributed by atoms with van der Waals surface area (Å²) < 4.78 is 17.7. The van der Waals surface area contributed by atoms with E-state index in [-0.39, 0.29) is 16.7 Å². The van der Waals surface area contributed by atoms with Crippen LogP contribution in [0.1, 0.15) is 45.3 Å². The molecule has 0 aliphatic heterocycles. The van der Waals surface area contributed by atoms with Crippen molar-refractivity contribution >= 4 is 130 Å². The fourth-order valence-electron chi connectivity index (χ4n) is 9.33. The van der Waals surface area contributed by atoms with Gasteiger partial charge in [-0.1, -0.05) is 88.5 Å². The highest BCUT2D eigenvalue weighted by molar-refractivity contribution is 7.17. The molecule has 0 bridgehead atoms. The molecule has 0 saturated heterocycles. The fraction of sp³-hybridized carbons (Fsp3) is 0.250. The Bertz CT molecular complexity index is 4130. The van der Waals surface area contributed by atoms with Crippen molar-refractivity contribution in [3.8, 4) is 0 Å². The summed E-state index contributed by atoms with van der Waals surface area (Å²) in [4.78, 5) is 38.3. The number of thiophene rings is 4. The Morgan fingerprint density at radius 1 is 0.459 bits per heavy atom. The van der Waals surface area contributed by atoms with E-state index in [2.05, 4.69) is 100 Å². The molecule has 0 aliphatic rings. The van der Waals surface area contributed by atoms with E-state index >= 15 is 0 Å². The molecule has 0 N–H and O–H groups in total. The minimum absolute atomic E-state index is 0.00996. The van der Waals surface area contributed by atoms with Crippen molar-refractivity contribution in [2.24, 2.45) is 0 Å². The second-order valence-corrected chi connectivity index (χ2v) is 23.5. The monoisotopic (exact) mass is 1050 g/mol. The maximum Gasteiger partial charge on any atom is 0.275 e. The van der Waals surface area contributed by atoms with Crippen molar-refractivity contribution in [3.63, 3.8) is 0 Å². The minimum atomic E-state index is -0.0563. The molecule has 9 heterocycles. The summed E-state index contributed by atoms with van der Waals surface area (Å²) in [5.41, 5.74) is 8.16. The third-order valence-corrected chi connectivity index (χ3v) is 16.0. The Balaban J connectivity index is 0.000000127. The van der Waals surface area contributed by atoms with Crippen LogP contribution < -0.4 is 16.7 Å². The van der Waals surface area contributed by atoms with Crippen LogP contribution in [0.5, 0.6) is 0 Å². The number of fused-ring (bicyclic) bond motifs is 6. The summed E-state index contributed by atoms with van der Waals surface area (Å²) in [6, 6.07) is 24.4. The number of furan rings is 2. The van der Waals surface area contributed by atoms with E-state index in [1.165, 1.54) is 36.1 Å². The van der Waals surface area contributed by atoms with Gasteiger partial charge in [0, 0.05) is 63.9 Å². The second-order valence-electron chi connectivity index (χ2n) is 20.4. The molecule has 0 aliphatic carbocycles. The summed E-state index contributed by atoms with van der Waals surface area (Å²) in [5.74, 6) is 1.50. The lowest BCUT2D eigenvalue weighted by Crippen LogP contribution is -2.25. The second kappa shape index (κ2) is 21.7. The Morgan fingerprint density at radius 3 is 1.39 bits per heavy atom. The smallest absolute Gasteiger partial charge is 0.275 e. The molecular formula is C56H55B3N6O5S4.